The summed E-state index contributed by atoms with van der Waals surface area (Å²) < 4.78 is 27.4. The van der Waals surface area contributed by atoms with Crippen molar-refractivity contribution in [2.45, 2.75) is 56.9 Å². The Bertz CT molecular complexity index is 787. The zero-order valence-electron chi connectivity index (χ0n) is 17.5. The maximum absolute atomic E-state index is 12.9. The highest BCUT2D eigenvalue weighted by Crippen LogP contribution is 2.32. The molecule has 0 radical (unpaired) electrons. The first-order chi connectivity index (χ1) is 13.1. The fraction of sp³-hybridized carbons (Fsp3) is 0.667. The van der Waals surface area contributed by atoms with Crippen molar-refractivity contribution in [3.05, 3.63) is 29.8 Å². The molecule has 1 saturated carbocycles. The number of piperazine rings is 1. The van der Waals surface area contributed by atoms with Crippen molar-refractivity contribution in [3.8, 4) is 0 Å². The van der Waals surface area contributed by atoms with E-state index in [0.717, 1.165) is 10.5 Å². The molecule has 0 aromatic heterocycles. The average Bonchev–Trinajstić information content (AvgIpc) is 3.46. The first-order valence-electron chi connectivity index (χ1n) is 10.3. The summed E-state index contributed by atoms with van der Waals surface area (Å²) in [5.74, 6) is 0.717. The van der Waals surface area contributed by atoms with Gasteiger partial charge in [0.1, 0.15) is 0 Å². The van der Waals surface area contributed by atoms with Gasteiger partial charge in [-0.1, -0.05) is 32.9 Å². The predicted molar refractivity (Wildman–Crippen MR) is 110 cm³/mol. The quantitative estimate of drug-likeness (QED) is 0.731. The molecule has 6 nitrogen and oxygen atoms in total. The van der Waals surface area contributed by atoms with Crippen molar-refractivity contribution in [1.82, 2.24) is 9.62 Å². The number of hydrogen-bond acceptors (Lipinski definition) is 3. The van der Waals surface area contributed by atoms with Gasteiger partial charge in [-0.15, -0.1) is 0 Å². The van der Waals surface area contributed by atoms with Crippen molar-refractivity contribution >= 4 is 15.9 Å². The molecule has 156 valence electrons. The summed E-state index contributed by atoms with van der Waals surface area (Å²) >= 11 is 0. The fourth-order valence-corrected chi connectivity index (χ4v) is 5.18. The van der Waals surface area contributed by atoms with Crippen molar-refractivity contribution in [2.24, 2.45) is 5.92 Å². The minimum absolute atomic E-state index is 0.00510. The Morgan fingerprint density at radius 1 is 1.18 bits per heavy atom. The average molecular weight is 409 g/mol. The Kier molecular flexibility index (Phi) is 6.17. The molecule has 2 N–H and O–H groups in total. The van der Waals surface area contributed by atoms with Gasteiger partial charge in [-0.05, 0) is 48.8 Å². The third-order valence-corrected chi connectivity index (χ3v) is 7.83. The van der Waals surface area contributed by atoms with Crippen LogP contribution in [0.4, 0.5) is 0 Å². The van der Waals surface area contributed by atoms with Gasteiger partial charge in [0.2, 0.25) is 10.0 Å². The van der Waals surface area contributed by atoms with Gasteiger partial charge in [0.25, 0.3) is 5.91 Å². The molecule has 1 aliphatic heterocycles. The van der Waals surface area contributed by atoms with Crippen LogP contribution in [0, 0.1) is 5.92 Å². The zero-order chi connectivity index (χ0) is 20.5. The SMILES string of the molecule is C[C@@H](NC(=O)C[NH+]1CCN(S(=O)(=O)c2ccc(C(C)(C)C)cc2)CC1)C1CC1. The van der Waals surface area contributed by atoms with Gasteiger partial charge in [0, 0.05) is 6.04 Å². The zero-order valence-corrected chi connectivity index (χ0v) is 18.3. The van der Waals surface area contributed by atoms with Crippen LogP contribution in [0.25, 0.3) is 0 Å². The van der Waals surface area contributed by atoms with Crippen molar-refractivity contribution in [2.75, 3.05) is 32.7 Å². The lowest BCUT2D eigenvalue weighted by molar-refractivity contribution is -0.895. The summed E-state index contributed by atoms with van der Waals surface area (Å²) in [4.78, 5) is 13.7. The summed E-state index contributed by atoms with van der Waals surface area (Å²) in [6, 6.07) is 7.48. The highest BCUT2D eigenvalue weighted by atomic mass is 32.2. The smallest absolute Gasteiger partial charge is 0.275 e. The summed E-state index contributed by atoms with van der Waals surface area (Å²) in [5.41, 5.74) is 1.11. The second kappa shape index (κ2) is 8.13. The summed E-state index contributed by atoms with van der Waals surface area (Å²) in [7, 11) is -3.48. The summed E-state index contributed by atoms with van der Waals surface area (Å²) in [6.07, 6.45) is 2.42. The van der Waals surface area contributed by atoms with Crippen LogP contribution >= 0.6 is 0 Å². The monoisotopic (exact) mass is 408 g/mol. The normalized spacial score (nSPS) is 20.7. The van der Waals surface area contributed by atoms with Crippen LogP contribution in [0.15, 0.2) is 29.2 Å². The second-order valence-corrected chi connectivity index (χ2v) is 11.2. The number of carbonyl (C=O) groups is 1. The van der Waals surface area contributed by atoms with Crippen molar-refractivity contribution < 1.29 is 18.1 Å². The Labute approximate surface area is 169 Å². The maximum Gasteiger partial charge on any atom is 0.275 e. The van der Waals surface area contributed by atoms with E-state index in [1.54, 1.807) is 16.4 Å². The highest BCUT2D eigenvalue weighted by Gasteiger charge is 2.33. The molecule has 0 spiro atoms. The van der Waals surface area contributed by atoms with E-state index in [1.165, 1.54) is 12.8 Å². The minimum Gasteiger partial charge on any atom is -0.348 e. The van der Waals surface area contributed by atoms with Gasteiger partial charge in [0.15, 0.2) is 6.54 Å². The van der Waals surface area contributed by atoms with Crippen molar-refractivity contribution in [3.63, 3.8) is 0 Å². The number of nitrogens with one attached hydrogen (secondary N) is 2. The molecule has 0 unspecified atom stereocenters. The minimum atomic E-state index is -3.48. The third-order valence-electron chi connectivity index (χ3n) is 5.92. The van der Waals surface area contributed by atoms with Crippen LogP contribution in [0.5, 0.6) is 0 Å². The van der Waals surface area contributed by atoms with Crippen LogP contribution in [-0.4, -0.2) is 57.4 Å². The van der Waals surface area contributed by atoms with E-state index < -0.39 is 10.0 Å². The van der Waals surface area contributed by atoms with E-state index in [1.807, 2.05) is 12.1 Å². The van der Waals surface area contributed by atoms with E-state index in [9.17, 15) is 13.2 Å². The highest BCUT2D eigenvalue weighted by molar-refractivity contribution is 7.89. The number of benzene rings is 1. The molecule has 1 aromatic rings. The third kappa shape index (κ3) is 5.13. The Hall–Kier alpha value is -1.44. The Morgan fingerprint density at radius 3 is 2.25 bits per heavy atom. The first-order valence-corrected chi connectivity index (χ1v) is 11.7. The van der Waals surface area contributed by atoms with Crippen LogP contribution in [0.2, 0.25) is 0 Å². The topological polar surface area (TPSA) is 70.9 Å². The number of nitrogens with zero attached hydrogens (tertiary/aromatic N) is 1. The molecular weight excluding hydrogens is 374 g/mol. The van der Waals surface area contributed by atoms with Gasteiger partial charge in [-0.25, -0.2) is 8.42 Å². The fourth-order valence-electron chi connectivity index (χ4n) is 3.74. The van der Waals surface area contributed by atoms with E-state index in [4.69, 9.17) is 0 Å². The Morgan fingerprint density at radius 2 is 1.75 bits per heavy atom. The molecule has 2 aliphatic rings. The molecule has 1 saturated heterocycles. The summed E-state index contributed by atoms with van der Waals surface area (Å²) in [5, 5.41) is 3.08. The number of rotatable bonds is 6. The maximum atomic E-state index is 12.9. The molecule has 28 heavy (non-hydrogen) atoms. The molecule has 1 heterocycles. The lowest BCUT2D eigenvalue weighted by Crippen LogP contribution is -3.15. The number of carbonyl (C=O) groups excluding carboxylic acids is 1. The Balaban J connectivity index is 1.53. The number of sulfonamides is 1. The molecule has 1 aromatic carbocycles. The number of amides is 1. The summed E-state index contributed by atoms with van der Waals surface area (Å²) in [6.45, 7) is 11.0. The van der Waals surface area contributed by atoms with Gasteiger partial charge in [-0.2, -0.15) is 4.31 Å². The van der Waals surface area contributed by atoms with E-state index in [2.05, 4.69) is 33.0 Å². The molecule has 7 heteroatoms. The van der Waals surface area contributed by atoms with Gasteiger partial charge in [-0.3, -0.25) is 4.79 Å². The molecule has 2 fully saturated rings. The molecule has 1 aliphatic carbocycles. The van der Waals surface area contributed by atoms with E-state index >= 15 is 0 Å². The predicted octanol–water partition coefficient (Wildman–Crippen LogP) is 0.788. The molecule has 1 amide bonds. The van der Waals surface area contributed by atoms with Crippen LogP contribution in [0.1, 0.15) is 46.1 Å². The van der Waals surface area contributed by atoms with E-state index in [-0.39, 0.29) is 17.4 Å². The second-order valence-electron chi connectivity index (χ2n) is 9.30. The van der Waals surface area contributed by atoms with Gasteiger partial charge in [0.05, 0.1) is 31.1 Å². The van der Waals surface area contributed by atoms with Gasteiger partial charge < -0.3 is 10.2 Å². The van der Waals surface area contributed by atoms with Crippen molar-refractivity contribution in [1.29, 1.82) is 0 Å². The molecule has 1 atom stereocenters. The van der Waals surface area contributed by atoms with E-state index in [0.29, 0.717) is 43.5 Å². The lowest BCUT2D eigenvalue weighted by atomic mass is 9.87. The molecular formula is C21H34N3O3S+. The van der Waals surface area contributed by atoms with Crippen LogP contribution in [0.3, 0.4) is 0 Å². The lowest BCUT2D eigenvalue weighted by Gasteiger charge is -2.31. The first kappa shape index (κ1) is 21.3. The number of quaternary nitrogens is 1. The molecule has 3 rings (SSSR count). The number of hydrogen-bond donors (Lipinski definition) is 2. The largest absolute Gasteiger partial charge is 0.348 e. The van der Waals surface area contributed by atoms with Crippen LogP contribution < -0.4 is 10.2 Å². The standard InChI is InChI=1S/C21H33N3O3S/c1-16(17-5-6-17)22-20(25)15-23-11-13-24(14-12-23)28(26,27)19-9-7-18(8-10-19)21(2,3)4/h7-10,16-17H,5-6,11-15H2,1-4H3,(H,22,25)/p+1/t16-/m1/s1. The molecule has 0 bridgehead atoms. The van der Waals surface area contributed by atoms with Crippen LogP contribution in [-0.2, 0) is 20.2 Å². The van der Waals surface area contributed by atoms with Gasteiger partial charge >= 0.3 is 0 Å².